The molecule has 0 spiro atoms. The minimum Gasteiger partial charge on any atom is -0.263 e. The quantitative estimate of drug-likeness (QED) is 0.343. The van der Waals surface area contributed by atoms with Crippen LogP contribution in [0, 0.1) is 0 Å². The fourth-order valence-corrected chi connectivity index (χ4v) is 5.05. The number of halogens is 1. The van der Waals surface area contributed by atoms with Crippen LogP contribution in [0.4, 0.5) is 0 Å². The second-order valence-corrected chi connectivity index (χ2v) is 11.8. The second-order valence-electron chi connectivity index (χ2n) is 7.90. The molecule has 36 heavy (non-hydrogen) atoms. The molecule has 1 atom stereocenters. The van der Waals surface area contributed by atoms with Crippen LogP contribution in [0.3, 0.4) is 0 Å². The molecule has 0 aliphatic carbocycles. The molecule has 0 saturated heterocycles. The van der Waals surface area contributed by atoms with Crippen molar-refractivity contribution in [2.45, 2.75) is 10.8 Å². The fraction of sp³-hybridized carbons (Fsp3) is 0.174. The maximum atomic E-state index is 13.0. The monoisotopic (exact) mass is 546 g/mol. The summed E-state index contributed by atoms with van der Waals surface area (Å²) >= 11 is 6.07. The molecule has 1 aromatic heterocycles. The molecule has 3 N–H and O–H groups in total. The number of primary sulfonamides is 1. The average molecular weight is 547 g/mol. The molecular weight excluding hydrogens is 524 g/mol. The van der Waals surface area contributed by atoms with Gasteiger partial charge in [-0.2, -0.15) is 5.10 Å². The van der Waals surface area contributed by atoms with E-state index >= 15 is 0 Å². The highest BCUT2D eigenvalue weighted by atomic mass is 35.5. The normalized spacial score (nSPS) is 16.6. The van der Waals surface area contributed by atoms with Gasteiger partial charge in [0, 0.05) is 23.3 Å². The van der Waals surface area contributed by atoms with Gasteiger partial charge < -0.3 is 0 Å². The molecule has 4 rings (SSSR count). The van der Waals surface area contributed by atoms with Crippen LogP contribution >= 0.6 is 11.6 Å². The molecule has 0 bridgehead atoms. The number of nitrogens with two attached hydrogens (primary N) is 1. The number of aromatic nitrogens is 1. The van der Waals surface area contributed by atoms with Gasteiger partial charge in [0.05, 0.1) is 24.6 Å². The van der Waals surface area contributed by atoms with E-state index in [0.29, 0.717) is 10.7 Å². The first kappa shape index (κ1) is 25.8. The van der Waals surface area contributed by atoms with Gasteiger partial charge in [0.15, 0.2) is 0 Å². The minimum absolute atomic E-state index is 0.0788. The lowest BCUT2D eigenvalue weighted by atomic mass is 9.91. The topological polar surface area (TPSA) is 147 Å². The summed E-state index contributed by atoms with van der Waals surface area (Å²) in [6.07, 6.45) is 2.65. The van der Waals surface area contributed by atoms with Gasteiger partial charge in [0.2, 0.25) is 16.0 Å². The summed E-state index contributed by atoms with van der Waals surface area (Å²) < 4.78 is 51.4. The molecule has 13 heteroatoms. The lowest BCUT2D eigenvalue weighted by Gasteiger charge is -2.19. The molecule has 0 fully saturated rings. The van der Waals surface area contributed by atoms with E-state index in [4.69, 9.17) is 21.8 Å². The zero-order valence-corrected chi connectivity index (χ0v) is 21.3. The third kappa shape index (κ3) is 6.46. The van der Waals surface area contributed by atoms with E-state index in [9.17, 15) is 16.8 Å². The third-order valence-electron chi connectivity index (χ3n) is 5.31. The molecule has 2 aromatic carbocycles. The maximum Gasteiger partial charge on any atom is 0.265 e. The van der Waals surface area contributed by atoms with Crippen LogP contribution < -0.4 is 9.86 Å². The fourth-order valence-electron chi connectivity index (χ4n) is 3.59. The van der Waals surface area contributed by atoms with Crippen molar-refractivity contribution in [3.63, 3.8) is 0 Å². The average Bonchev–Trinajstić information content (AvgIpc) is 3.30. The number of hydrazone groups is 1. The van der Waals surface area contributed by atoms with E-state index in [2.05, 4.69) is 14.7 Å². The number of rotatable bonds is 7. The van der Waals surface area contributed by atoms with E-state index in [0.717, 1.165) is 11.1 Å². The van der Waals surface area contributed by atoms with Crippen molar-refractivity contribution in [3.05, 3.63) is 95.3 Å². The lowest BCUT2D eigenvalue weighted by molar-refractivity contribution is 0.461. The molecule has 0 unspecified atom stereocenters. The van der Waals surface area contributed by atoms with E-state index < -0.39 is 25.8 Å². The minimum atomic E-state index is -4.09. The van der Waals surface area contributed by atoms with E-state index in [1.807, 2.05) is 42.5 Å². The number of nitrogens with one attached hydrogen (secondary N) is 1. The van der Waals surface area contributed by atoms with Crippen molar-refractivity contribution >= 4 is 43.3 Å². The Morgan fingerprint density at radius 1 is 1.06 bits per heavy atom. The summed E-state index contributed by atoms with van der Waals surface area (Å²) in [5.41, 5.74) is 2.44. The maximum absolute atomic E-state index is 13.0. The summed E-state index contributed by atoms with van der Waals surface area (Å²) in [5, 5.41) is 11.8. The highest BCUT2D eigenvalue weighted by Gasteiger charge is 2.33. The van der Waals surface area contributed by atoms with Gasteiger partial charge in [-0.15, -0.1) is 0 Å². The predicted molar refractivity (Wildman–Crippen MR) is 139 cm³/mol. The molecule has 1 aliphatic rings. The van der Waals surface area contributed by atoms with Gasteiger partial charge in [-0.25, -0.2) is 36.7 Å². The largest absolute Gasteiger partial charge is 0.265 e. The van der Waals surface area contributed by atoms with Gasteiger partial charge in [-0.1, -0.05) is 54.1 Å². The van der Waals surface area contributed by atoms with Gasteiger partial charge in [-0.3, -0.25) is 4.98 Å². The molecule has 188 valence electrons. The summed E-state index contributed by atoms with van der Waals surface area (Å²) in [6, 6.07) is 19.7. The Kier molecular flexibility index (Phi) is 7.69. The summed E-state index contributed by atoms with van der Waals surface area (Å²) in [4.78, 5) is 7.99. The Balaban J connectivity index is 1.74. The SMILES string of the molecule is NS(=O)(=O)CCN=C(NS(=O)(=O)c1cccnc1)N1C[C@H](c2ccccc2)C(c2ccc(Cl)cc2)=N1. The third-order valence-corrected chi connectivity index (χ3v) is 7.63. The first-order valence-electron chi connectivity index (χ1n) is 10.8. The Morgan fingerprint density at radius 2 is 1.78 bits per heavy atom. The van der Waals surface area contributed by atoms with Crippen molar-refractivity contribution in [1.29, 1.82) is 0 Å². The first-order valence-corrected chi connectivity index (χ1v) is 14.3. The Labute approximate surface area is 214 Å². The van der Waals surface area contributed by atoms with Gasteiger partial charge in [-0.05, 0) is 35.4 Å². The number of nitrogens with zero attached hydrogens (tertiary/aromatic N) is 4. The van der Waals surface area contributed by atoms with Crippen molar-refractivity contribution in [2.24, 2.45) is 15.2 Å². The molecule has 2 heterocycles. The highest BCUT2D eigenvalue weighted by Crippen LogP contribution is 2.29. The molecule has 1 aliphatic heterocycles. The number of hydrogen-bond donors (Lipinski definition) is 2. The van der Waals surface area contributed by atoms with Crippen molar-refractivity contribution in [2.75, 3.05) is 18.8 Å². The number of hydrogen-bond acceptors (Lipinski definition) is 7. The first-order chi connectivity index (χ1) is 17.1. The van der Waals surface area contributed by atoms with Gasteiger partial charge >= 0.3 is 0 Å². The predicted octanol–water partition coefficient (Wildman–Crippen LogP) is 2.16. The van der Waals surface area contributed by atoms with Gasteiger partial charge in [0.1, 0.15) is 4.90 Å². The van der Waals surface area contributed by atoms with Gasteiger partial charge in [0.25, 0.3) is 10.0 Å². The van der Waals surface area contributed by atoms with E-state index in [-0.39, 0.29) is 29.9 Å². The Bertz CT molecular complexity index is 1480. The summed E-state index contributed by atoms with van der Waals surface area (Å²) in [6.45, 7) is -0.00618. The van der Waals surface area contributed by atoms with Crippen LogP contribution in [0.5, 0.6) is 0 Å². The van der Waals surface area contributed by atoms with E-state index in [1.54, 1.807) is 12.1 Å². The van der Waals surface area contributed by atoms with Crippen LogP contribution in [0.15, 0.2) is 94.1 Å². The molecule has 3 aromatic rings. The zero-order valence-electron chi connectivity index (χ0n) is 18.9. The smallest absolute Gasteiger partial charge is 0.263 e. The standard InChI is InChI=1S/C23H23ClN6O4S2/c24-19-10-8-18(9-11-19)22-21(17-5-2-1-3-6-17)16-30(28-22)23(27-13-14-35(25,31)32)29-36(33,34)20-7-4-12-26-15-20/h1-12,15,21H,13-14,16H2,(H,27,29)(H2,25,31,32)/t21-/m1/s1. The molecule has 0 amide bonds. The molecular formula is C23H23ClN6O4S2. The van der Waals surface area contributed by atoms with Crippen LogP contribution in [0.25, 0.3) is 0 Å². The van der Waals surface area contributed by atoms with E-state index in [1.165, 1.54) is 29.5 Å². The van der Waals surface area contributed by atoms with Crippen molar-refractivity contribution in [1.82, 2.24) is 14.7 Å². The number of guanidine groups is 1. The van der Waals surface area contributed by atoms with Crippen LogP contribution in [0.2, 0.25) is 5.02 Å². The van der Waals surface area contributed by atoms with Crippen LogP contribution in [-0.2, 0) is 20.0 Å². The molecule has 0 saturated carbocycles. The van der Waals surface area contributed by atoms with Crippen molar-refractivity contribution < 1.29 is 16.8 Å². The van der Waals surface area contributed by atoms with Crippen LogP contribution in [0.1, 0.15) is 17.0 Å². The Morgan fingerprint density at radius 3 is 2.42 bits per heavy atom. The number of sulfonamides is 2. The summed E-state index contributed by atoms with van der Waals surface area (Å²) in [5.74, 6) is -0.819. The molecule has 0 radical (unpaired) electrons. The second kappa shape index (κ2) is 10.7. The zero-order chi connectivity index (χ0) is 25.8. The van der Waals surface area contributed by atoms with Crippen molar-refractivity contribution in [3.8, 4) is 0 Å². The Hall–Kier alpha value is -3.32. The summed E-state index contributed by atoms with van der Waals surface area (Å²) in [7, 11) is -7.90. The number of benzene rings is 2. The number of aliphatic imine (C=N–C) groups is 1. The number of pyridine rings is 1. The lowest BCUT2D eigenvalue weighted by Crippen LogP contribution is -2.41. The van der Waals surface area contributed by atoms with Crippen LogP contribution in [-0.4, -0.2) is 57.3 Å². The molecule has 10 nitrogen and oxygen atoms in total. The highest BCUT2D eigenvalue weighted by molar-refractivity contribution is 7.90.